The first kappa shape index (κ1) is 20.8. The van der Waals surface area contributed by atoms with E-state index >= 15 is 0 Å². The van der Waals surface area contributed by atoms with Gasteiger partial charge in [0.25, 0.3) is 5.91 Å². The monoisotopic (exact) mass is 408 g/mol. The van der Waals surface area contributed by atoms with E-state index in [1.54, 1.807) is 0 Å². The van der Waals surface area contributed by atoms with Gasteiger partial charge in [0.05, 0.1) is 6.04 Å². The summed E-state index contributed by atoms with van der Waals surface area (Å²) in [5.41, 5.74) is 3.96. The van der Waals surface area contributed by atoms with Crippen LogP contribution in [0.4, 0.5) is 0 Å². The van der Waals surface area contributed by atoms with E-state index in [0.717, 1.165) is 29.7 Å². The van der Waals surface area contributed by atoms with Gasteiger partial charge in [-0.25, -0.2) is 0 Å². The Morgan fingerprint density at radius 2 is 1.48 bits per heavy atom. The van der Waals surface area contributed by atoms with E-state index in [1.165, 1.54) is 10.8 Å². The van der Waals surface area contributed by atoms with E-state index in [1.807, 2.05) is 48.5 Å². The van der Waals surface area contributed by atoms with Crippen LogP contribution in [0.25, 0.3) is 21.9 Å². The third kappa shape index (κ3) is 5.19. The van der Waals surface area contributed by atoms with Crippen LogP contribution in [0.15, 0.2) is 97.1 Å². The van der Waals surface area contributed by atoms with Crippen molar-refractivity contribution in [1.82, 2.24) is 10.2 Å². The van der Waals surface area contributed by atoms with Gasteiger partial charge in [-0.2, -0.15) is 0 Å². The SMILES string of the molecule is CN(C)CCC(NC(=O)c1cccc(-c2ccccc2)c1)c1ccc2ccccc2c1. The molecule has 0 aliphatic heterocycles. The maximum atomic E-state index is 13.2. The Labute approximate surface area is 184 Å². The highest BCUT2D eigenvalue weighted by Crippen LogP contribution is 2.24. The Kier molecular flexibility index (Phi) is 6.44. The number of nitrogens with one attached hydrogen (secondary N) is 1. The largest absolute Gasteiger partial charge is 0.345 e. The van der Waals surface area contributed by atoms with Crippen molar-refractivity contribution in [3.8, 4) is 11.1 Å². The predicted octanol–water partition coefficient (Wildman–Crippen LogP) is 5.93. The molecule has 0 fully saturated rings. The summed E-state index contributed by atoms with van der Waals surface area (Å²) in [5.74, 6) is -0.0466. The van der Waals surface area contributed by atoms with Crippen molar-refractivity contribution in [2.24, 2.45) is 0 Å². The fourth-order valence-corrected chi connectivity index (χ4v) is 3.85. The average Bonchev–Trinajstić information content (AvgIpc) is 2.82. The lowest BCUT2D eigenvalue weighted by Crippen LogP contribution is -2.31. The summed E-state index contributed by atoms with van der Waals surface area (Å²) in [6.45, 7) is 0.891. The topological polar surface area (TPSA) is 32.3 Å². The van der Waals surface area contributed by atoms with Crippen LogP contribution >= 0.6 is 0 Å². The van der Waals surface area contributed by atoms with Gasteiger partial charge in [0.15, 0.2) is 0 Å². The third-order valence-corrected chi connectivity index (χ3v) is 5.58. The molecule has 4 rings (SSSR count). The van der Waals surface area contributed by atoms with Crippen LogP contribution < -0.4 is 5.32 Å². The number of rotatable bonds is 7. The molecule has 0 bridgehead atoms. The molecule has 3 nitrogen and oxygen atoms in total. The molecule has 1 N–H and O–H groups in total. The first-order valence-corrected chi connectivity index (χ1v) is 10.7. The first-order chi connectivity index (χ1) is 15.1. The van der Waals surface area contributed by atoms with E-state index in [0.29, 0.717) is 5.56 Å². The maximum Gasteiger partial charge on any atom is 0.251 e. The number of amides is 1. The first-order valence-electron chi connectivity index (χ1n) is 10.7. The van der Waals surface area contributed by atoms with E-state index < -0.39 is 0 Å². The van der Waals surface area contributed by atoms with Crippen molar-refractivity contribution >= 4 is 16.7 Å². The second kappa shape index (κ2) is 9.59. The van der Waals surface area contributed by atoms with Crippen molar-refractivity contribution in [2.75, 3.05) is 20.6 Å². The molecular weight excluding hydrogens is 380 g/mol. The average molecular weight is 409 g/mol. The molecule has 31 heavy (non-hydrogen) atoms. The molecular formula is C28H28N2O. The van der Waals surface area contributed by atoms with Gasteiger partial charge in [-0.3, -0.25) is 4.79 Å². The molecule has 4 aromatic carbocycles. The Bertz CT molecular complexity index is 1170. The number of carbonyl (C=O) groups excluding carboxylic acids is 1. The molecule has 0 spiro atoms. The second-order valence-corrected chi connectivity index (χ2v) is 8.17. The van der Waals surface area contributed by atoms with Gasteiger partial charge in [-0.05, 0) is 72.7 Å². The van der Waals surface area contributed by atoms with E-state index in [9.17, 15) is 4.79 Å². The van der Waals surface area contributed by atoms with Crippen molar-refractivity contribution in [3.05, 3.63) is 108 Å². The fourth-order valence-electron chi connectivity index (χ4n) is 3.85. The summed E-state index contributed by atoms with van der Waals surface area (Å²) in [6.07, 6.45) is 0.843. The van der Waals surface area contributed by atoms with Crippen LogP contribution in [0.1, 0.15) is 28.4 Å². The molecule has 1 unspecified atom stereocenters. The minimum atomic E-state index is -0.0557. The van der Waals surface area contributed by atoms with E-state index in [4.69, 9.17) is 0 Å². The molecule has 1 atom stereocenters. The quantitative estimate of drug-likeness (QED) is 0.411. The van der Waals surface area contributed by atoms with Crippen LogP contribution in [0.2, 0.25) is 0 Å². The van der Waals surface area contributed by atoms with Gasteiger partial charge in [-0.1, -0.05) is 78.9 Å². The number of carbonyl (C=O) groups is 1. The normalized spacial score (nSPS) is 12.1. The number of nitrogens with zero attached hydrogens (tertiary/aromatic N) is 1. The van der Waals surface area contributed by atoms with Crippen LogP contribution in [0, 0.1) is 0 Å². The predicted molar refractivity (Wildman–Crippen MR) is 129 cm³/mol. The Morgan fingerprint density at radius 3 is 2.26 bits per heavy atom. The Balaban J connectivity index is 1.60. The van der Waals surface area contributed by atoms with Crippen molar-refractivity contribution in [2.45, 2.75) is 12.5 Å². The molecule has 0 aliphatic carbocycles. The Hall–Kier alpha value is -3.43. The van der Waals surface area contributed by atoms with Gasteiger partial charge < -0.3 is 10.2 Å². The second-order valence-electron chi connectivity index (χ2n) is 8.17. The molecule has 0 aromatic heterocycles. The number of fused-ring (bicyclic) bond motifs is 1. The zero-order valence-corrected chi connectivity index (χ0v) is 18.1. The van der Waals surface area contributed by atoms with Crippen molar-refractivity contribution in [1.29, 1.82) is 0 Å². The van der Waals surface area contributed by atoms with Crippen LogP contribution in [-0.2, 0) is 0 Å². The lowest BCUT2D eigenvalue weighted by atomic mass is 9.98. The zero-order valence-electron chi connectivity index (χ0n) is 18.1. The maximum absolute atomic E-state index is 13.2. The Morgan fingerprint density at radius 1 is 0.774 bits per heavy atom. The molecule has 0 saturated carbocycles. The molecule has 4 aromatic rings. The van der Waals surface area contributed by atoms with E-state index in [-0.39, 0.29) is 11.9 Å². The molecule has 0 heterocycles. The van der Waals surface area contributed by atoms with Gasteiger partial charge in [-0.15, -0.1) is 0 Å². The lowest BCUT2D eigenvalue weighted by Gasteiger charge is -2.22. The molecule has 3 heteroatoms. The van der Waals surface area contributed by atoms with E-state index in [2.05, 4.69) is 72.8 Å². The highest BCUT2D eigenvalue weighted by molar-refractivity contribution is 5.95. The van der Waals surface area contributed by atoms with Crippen molar-refractivity contribution in [3.63, 3.8) is 0 Å². The standard InChI is InChI=1S/C28H28N2O/c1-30(2)18-17-27(25-16-15-22-11-6-7-12-23(22)19-25)29-28(31)26-14-8-13-24(20-26)21-9-4-3-5-10-21/h3-16,19-20,27H,17-18H2,1-2H3,(H,29,31). The van der Waals surface area contributed by atoms with Crippen molar-refractivity contribution < 1.29 is 4.79 Å². The fraction of sp³-hybridized carbons (Fsp3) is 0.179. The number of benzene rings is 4. The van der Waals surface area contributed by atoms with Gasteiger partial charge in [0, 0.05) is 5.56 Å². The van der Waals surface area contributed by atoms with Gasteiger partial charge >= 0.3 is 0 Å². The molecule has 0 saturated heterocycles. The summed E-state index contributed by atoms with van der Waals surface area (Å²) >= 11 is 0. The summed E-state index contributed by atoms with van der Waals surface area (Å²) < 4.78 is 0. The highest BCUT2D eigenvalue weighted by Gasteiger charge is 2.17. The minimum absolute atomic E-state index is 0.0466. The van der Waals surface area contributed by atoms with Gasteiger partial charge in [0.2, 0.25) is 0 Å². The van der Waals surface area contributed by atoms with Crippen LogP contribution in [-0.4, -0.2) is 31.4 Å². The third-order valence-electron chi connectivity index (χ3n) is 5.58. The summed E-state index contributed by atoms with van der Waals surface area (Å²) in [6, 6.07) is 32.7. The summed E-state index contributed by atoms with van der Waals surface area (Å²) in [5, 5.41) is 5.68. The molecule has 0 aliphatic rings. The summed E-state index contributed by atoms with van der Waals surface area (Å²) in [7, 11) is 4.12. The highest BCUT2D eigenvalue weighted by atomic mass is 16.1. The molecule has 1 amide bonds. The van der Waals surface area contributed by atoms with Crippen LogP contribution in [0.3, 0.4) is 0 Å². The minimum Gasteiger partial charge on any atom is -0.345 e. The van der Waals surface area contributed by atoms with Crippen LogP contribution in [0.5, 0.6) is 0 Å². The molecule has 156 valence electrons. The lowest BCUT2D eigenvalue weighted by molar-refractivity contribution is 0.0933. The smallest absolute Gasteiger partial charge is 0.251 e. The number of hydrogen-bond donors (Lipinski definition) is 1. The van der Waals surface area contributed by atoms with Gasteiger partial charge in [0.1, 0.15) is 0 Å². The summed E-state index contributed by atoms with van der Waals surface area (Å²) in [4.78, 5) is 15.3. The number of hydrogen-bond acceptors (Lipinski definition) is 2. The molecule has 0 radical (unpaired) electrons. The zero-order chi connectivity index (χ0) is 21.6.